The Hall–Kier alpha value is -2.62. The zero-order valence-electron chi connectivity index (χ0n) is 15.1. The minimum absolute atomic E-state index is 0.283. The predicted octanol–water partition coefficient (Wildman–Crippen LogP) is 4.87. The lowest BCUT2D eigenvalue weighted by Gasteiger charge is -2.31. The van der Waals surface area contributed by atoms with Crippen LogP contribution in [0.1, 0.15) is 44.9 Å². The van der Waals surface area contributed by atoms with Crippen molar-refractivity contribution in [2.45, 2.75) is 45.5 Å². The number of aliphatic imine (C=N–C) groups is 1. The number of carbonyl (C=O) groups excluding carboxylic acids is 1. The maximum atomic E-state index is 12.8. The maximum Gasteiger partial charge on any atom is 0.416 e. The molecule has 0 aromatic heterocycles. The van der Waals surface area contributed by atoms with Gasteiger partial charge in [0.2, 0.25) is 0 Å². The Bertz CT molecular complexity index is 725. The Morgan fingerprint density at radius 3 is 2.15 bits per heavy atom. The van der Waals surface area contributed by atoms with Crippen molar-refractivity contribution in [3.05, 3.63) is 48.0 Å². The second kappa shape index (κ2) is 7.73. The predicted molar refractivity (Wildman–Crippen MR) is 92.4 cm³/mol. The van der Waals surface area contributed by atoms with Gasteiger partial charge < -0.3 is 4.74 Å². The molecular weight excluding hydrogens is 345 g/mol. The molecule has 0 saturated carbocycles. The van der Waals surface area contributed by atoms with Crippen LogP contribution in [0.5, 0.6) is 0 Å². The highest BCUT2D eigenvalue weighted by Crippen LogP contribution is 2.40. The molecule has 2 atom stereocenters. The highest BCUT2D eigenvalue weighted by atomic mass is 19.4. The van der Waals surface area contributed by atoms with E-state index < -0.39 is 34.8 Å². The van der Waals surface area contributed by atoms with Gasteiger partial charge in [0, 0.05) is 6.21 Å². The third-order valence-electron chi connectivity index (χ3n) is 3.50. The summed E-state index contributed by atoms with van der Waals surface area (Å²) in [6.45, 7) is 9.81. The van der Waals surface area contributed by atoms with Gasteiger partial charge >= 0.3 is 12.1 Å². The van der Waals surface area contributed by atoms with Crippen molar-refractivity contribution in [2.75, 3.05) is 0 Å². The van der Waals surface area contributed by atoms with E-state index >= 15 is 0 Å². The van der Waals surface area contributed by atoms with E-state index in [1.807, 2.05) is 6.07 Å². The highest BCUT2D eigenvalue weighted by molar-refractivity contribution is 5.82. The lowest BCUT2D eigenvalue weighted by atomic mass is 9.79. The minimum atomic E-state index is -4.48. The van der Waals surface area contributed by atoms with Crippen molar-refractivity contribution in [1.82, 2.24) is 0 Å². The summed E-state index contributed by atoms with van der Waals surface area (Å²) >= 11 is 0. The fraction of sp³-hybridized carbons (Fsp3) is 0.421. The van der Waals surface area contributed by atoms with Crippen molar-refractivity contribution in [1.29, 1.82) is 5.26 Å². The number of esters is 1. The van der Waals surface area contributed by atoms with Crippen LogP contribution in [-0.2, 0) is 15.7 Å². The molecule has 26 heavy (non-hydrogen) atoms. The van der Waals surface area contributed by atoms with Gasteiger partial charge in [-0.15, -0.1) is 0 Å². The molecule has 0 heterocycles. The zero-order valence-corrected chi connectivity index (χ0v) is 15.1. The van der Waals surface area contributed by atoms with E-state index in [1.165, 1.54) is 31.3 Å². The van der Waals surface area contributed by atoms with Crippen LogP contribution in [0, 0.1) is 16.7 Å². The normalized spacial score (nSPS) is 15.8. The van der Waals surface area contributed by atoms with E-state index in [0.717, 1.165) is 12.1 Å². The first-order valence-corrected chi connectivity index (χ1v) is 7.81. The molecule has 4 nitrogen and oxygen atoms in total. The van der Waals surface area contributed by atoms with E-state index in [4.69, 9.17) is 4.74 Å². The number of carbonyl (C=O) groups is 1. The van der Waals surface area contributed by atoms with Crippen LogP contribution in [0.2, 0.25) is 0 Å². The first-order valence-electron chi connectivity index (χ1n) is 7.81. The molecule has 0 fully saturated rings. The van der Waals surface area contributed by atoms with Crippen LogP contribution in [0.25, 0.3) is 0 Å². The van der Waals surface area contributed by atoms with Crippen LogP contribution < -0.4 is 0 Å². The van der Waals surface area contributed by atoms with Crippen molar-refractivity contribution >= 4 is 12.2 Å². The van der Waals surface area contributed by atoms with Gasteiger partial charge in [0.1, 0.15) is 11.6 Å². The summed E-state index contributed by atoms with van der Waals surface area (Å²) < 4.78 is 43.6. The number of hydrogen-bond acceptors (Lipinski definition) is 4. The average molecular weight is 366 g/mol. The smallest absolute Gasteiger partial charge is 0.416 e. The highest BCUT2D eigenvalue weighted by Gasteiger charge is 2.46. The molecule has 7 heteroatoms. The number of benzene rings is 1. The van der Waals surface area contributed by atoms with Gasteiger partial charge in [-0.25, -0.2) is 0 Å². The molecule has 0 aliphatic rings. The SMILES string of the molecule is C=CC=N[C@H](c1ccc(C(F)(F)F)cc1)[C@](C)(C#N)C(=O)OC(C)(C)C. The third kappa shape index (κ3) is 5.19. The number of nitrogens with zero attached hydrogens (tertiary/aromatic N) is 2. The Morgan fingerprint density at radius 1 is 1.23 bits per heavy atom. The van der Waals surface area contributed by atoms with Crippen molar-refractivity contribution in [3.63, 3.8) is 0 Å². The summed E-state index contributed by atoms with van der Waals surface area (Å²) in [5.74, 6) is -0.807. The van der Waals surface area contributed by atoms with Crippen LogP contribution >= 0.6 is 0 Å². The molecule has 0 bridgehead atoms. The van der Waals surface area contributed by atoms with Crippen LogP contribution in [-0.4, -0.2) is 17.8 Å². The largest absolute Gasteiger partial charge is 0.459 e. The molecule has 0 radical (unpaired) electrons. The van der Waals surface area contributed by atoms with Gasteiger partial charge in [-0.1, -0.05) is 24.8 Å². The van der Waals surface area contributed by atoms with E-state index in [9.17, 15) is 23.2 Å². The fourth-order valence-corrected chi connectivity index (χ4v) is 2.17. The molecule has 0 aliphatic heterocycles. The Labute approximate surface area is 151 Å². The average Bonchev–Trinajstić information content (AvgIpc) is 2.52. The second-order valence-corrected chi connectivity index (χ2v) is 6.87. The molecule has 0 unspecified atom stereocenters. The van der Waals surface area contributed by atoms with E-state index in [2.05, 4.69) is 11.6 Å². The van der Waals surface area contributed by atoms with Crippen LogP contribution in [0.15, 0.2) is 41.9 Å². The summed E-state index contributed by atoms with van der Waals surface area (Å²) in [4.78, 5) is 16.7. The lowest BCUT2D eigenvalue weighted by Crippen LogP contribution is -2.38. The summed E-state index contributed by atoms with van der Waals surface area (Å²) in [5.41, 5.74) is -3.11. The molecule has 0 N–H and O–H groups in total. The summed E-state index contributed by atoms with van der Waals surface area (Å²) in [6.07, 6.45) is -1.84. The number of allylic oxidation sites excluding steroid dienone is 1. The number of halogens is 3. The molecule has 140 valence electrons. The molecule has 1 aromatic rings. The molecule has 0 saturated heterocycles. The van der Waals surface area contributed by atoms with Gasteiger partial charge in [-0.2, -0.15) is 18.4 Å². The van der Waals surface area contributed by atoms with Crippen molar-refractivity contribution in [2.24, 2.45) is 10.4 Å². The summed E-state index contributed by atoms with van der Waals surface area (Å²) in [5, 5.41) is 9.64. The Morgan fingerprint density at radius 2 is 1.77 bits per heavy atom. The van der Waals surface area contributed by atoms with Gasteiger partial charge in [-0.3, -0.25) is 9.79 Å². The minimum Gasteiger partial charge on any atom is -0.459 e. The quantitative estimate of drug-likeness (QED) is 0.551. The topological polar surface area (TPSA) is 62.5 Å². The monoisotopic (exact) mass is 366 g/mol. The number of alkyl halides is 3. The Balaban J connectivity index is 3.39. The van der Waals surface area contributed by atoms with Gasteiger partial charge in [0.05, 0.1) is 11.6 Å². The standard InChI is InChI=1S/C19H21F3N2O2/c1-6-11-24-15(13-7-9-14(10-8-13)19(20,21)22)18(5,12-23)16(25)26-17(2,3)4/h6-11,15H,1H2,2-5H3/t15-,18+/m1/s1. The number of ether oxygens (including phenoxy) is 1. The second-order valence-electron chi connectivity index (χ2n) is 6.87. The Kier molecular flexibility index (Phi) is 6.37. The first-order chi connectivity index (χ1) is 11.8. The lowest BCUT2D eigenvalue weighted by molar-refractivity contribution is -0.164. The van der Waals surface area contributed by atoms with Crippen molar-refractivity contribution in [3.8, 4) is 6.07 Å². The number of rotatable bonds is 5. The number of hydrogen-bond donors (Lipinski definition) is 0. The summed E-state index contributed by atoms with van der Waals surface area (Å²) in [7, 11) is 0. The van der Waals surface area contributed by atoms with E-state index in [-0.39, 0.29) is 5.56 Å². The molecule has 0 amide bonds. The molecule has 1 rings (SSSR count). The van der Waals surface area contributed by atoms with Crippen LogP contribution in [0.4, 0.5) is 13.2 Å². The fourth-order valence-electron chi connectivity index (χ4n) is 2.17. The molecule has 1 aromatic carbocycles. The molecule has 0 aliphatic carbocycles. The molecular formula is C19H21F3N2O2. The van der Waals surface area contributed by atoms with Crippen molar-refractivity contribution < 1.29 is 22.7 Å². The first kappa shape index (κ1) is 21.4. The van der Waals surface area contributed by atoms with Gasteiger partial charge in [-0.05, 0) is 45.4 Å². The maximum absolute atomic E-state index is 12.8. The van der Waals surface area contributed by atoms with Crippen LogP contribution in [0.3, 0.4) is 0 Å². The zero-order chi connectivity index (χ0) is 20.2. The third-order valence-corrected chi connectivity index (χ3v) is 3.50. The summed E-state index contributed by atoms with van der Waals surface area (Å²) in [6, 6.07) is 5.03. The number of nitriles is 1. The van der Waals surface area contributed by atoms with Gasteiger partial charge in [0.25, 0.3) is 0 Å². The van der Waals surface area contributed by atoms with E-state index in [0.29, 0.717) is 0 Å². The molecule has 0 spiro atoms. The van der Waals surface area contributed by atoms with Gasteiger partial charge in [0.15, 0.2) is 5.41 Å². The van der Waals surface area contributed by atoms with E-state index in [1.54, 1.807) is 20.8 Å².